The third-order valence-corrected chi connectivity index (χ3v) is 10.8. The molecule has 0 aromatic heterocycles. The molecule has 39 heavy (non-hydrogen) atoms. The summed E-state index contributed by atoms with van der Waals surface area (Å²) < 4.78 is 36.4. The van der Waals surface area contributed by atoms with Crippen LogP contribution in [-0.4, -0.2) is 72.7 Å². The molecule has 12 atom stereocenters. The monoisotopic (exact) mass is 552 g/mol. The van der Waals surface area contributed by atoms with Gasteiger partial charge in [-0.2, -0.15) is 0 Å². The fourth-order valence-corrected chi connectivity index (χ4v) is 8.27. The predicted octanol–water partition coefficient (Wildman–Crippen LogP) is 3.12. The zero-order valence-electron chi connectivity index (χ0n) is 24.0. The van der Waals surface area contributed by atoms with Gasteiger partial charge in [-0.1, -0.05) is 27.7 Å². The Labute approximate surface area is 230 Å². The summed E-state index contributed by atoms with van der Waals surface area (Å²) >= 11 is 0. The Bertz CT molecular complexity index is 965. The highest BCUT2D eigenvalue weighted by Crippen LogP contribution is 2.70. The molecular weight excluding hydrogens is 508 g/mol. The fraction of sp³-hybridized carbons (Fsp3) is 0.897. The molecule has 1 N–H and O–H groups in total. The number of esters is 3. The van der Waals surface area contributed by atoms with Crippen molar-refractivity contribution in [3.05, 3.63) is 0 Å². The van der Waals surface area contributed by atoms with Crippen LogP contribution in [0.1, 0.15) is 80.1 Å². The SMILES string of the molecule is CCC(C)C(=O)OC1CC2C(C)(C3CC4CC(O)OC4O3)C(C)CC(OC(C)=O)C2(COC(C)=O)C2(CO2)C1. The number of rotatable bonds is 7. The van der Waals surface area contributed by atoms with E-state index in [2.05, 4.69) is 13.8 Å². The number of aliphatic hydroxyl groups excluding tert-OH is 1. The predicted molar refractivity (Wildman–Crippen MR) is 136 cm³/mol. The molecule has 5 fully saturated rings. The van der Waals surface area contributed by atoms with E-state index in [0.717, 1.165) is 0 Å². The van der Waals surface area contributed by atoms with Gasteiger partial charge in [0.25, 0.3) is 0 Å². The minimum absolute atomic E-state index is 0.0358. The molecule has 220 valence electrons. The second-order valence-electron chi connectivity index (χ2n) is 12.9. The topological polar surface area (TPSA) is 130 Å². The van der Waals surface area contributed by atoms with Crippen molar-refractivity contribution in [1.29, 1.82) is 0 Å². The summed E-state index contributed by atoms with van der Waals surface area (Å²) in [6, 6.07) is 0. The Hall–Kier alpha value is -1.75. The number of carbonyl (C=O) groups excluding carboxylic acids is 3. The molecule has 10 nitrogen and oxygen atoms in total. The maximum Gasteiger partial charge on any atom is 0.308 e. The van der Waals surface area contributed by atoms with Gasteiger partial charge in [-0.15, -0.1) is 0 Å². The van der Waals surface area contributed by atoms with Crippen LogP contribution in [-0.2, 0) is 42.8 Å². The van der Waals surface area contributed by atoms with Crippen LogP contribution in [0.5, 0.6) is 0 Å². The number of aliphatic hydroxyl groups is 1. The van der Waals surface area contributed by atoms with Gasteiger partial charge < -0.3 is 33.5 Å². The number of fused-ring (bicyclic) bond motifs is 3. The number of ether oxygens (including phenoxy) is 6. The summed E-state index contributed by atoms with van der Waals surface area (Å²) in [4.78, 5) is 37.5. The lowest BCUT2D eigenvalue weighted by molar-refractivity contribution is -0.271. The average Bonchev–Trinajstić information content (AvgIpc) is 3.38. The van der Waals surface area contributed by atoms with Crippen molar-refractivity contribution in [3.8, 4) is 0 Å². The van der Waals surface area contributed by atoms with Crippen molar-refractivity contribution in [2.75, 3.05) is 13.2 Å². The fourth-order valence-electron chi connectivity index (χ4n) is 8.27. The first-order chi connectivity index (χ1) is 18.4. The summed E-state index contributed by atoms with van der Waals surface area (Å²) in [5.74, 6) is -1.37. The van der Waals surface area contributed by atoms with E-state index in [0.29, 0.717) is 45.1 Å². The average molecular weight is 553 g/mol. The van der Waals surface area contributed by atoms with Crippen molar-refractivity contribution < 1.29 is 47.9 Å². The van der Waals surface area contributed by atoms with Gasteiger partial charge in [0.05, 0.1) is 24.0 Å². The number of hydrogen-bond acceptors (Lipinski definition) is 10. The molecular formula is C29H44O10. The van der Waals surface area contributed by atoms with E-state index < -0.39 is 53.2 Å². The van der Waals surface area contributed by atoms with Gasteiger partial charge in [0.1, 0.15) is 24.4 Å². The van der Waals surface area contributed by atoms with Gasteiger partial charge in [0, 0.05) is 38.0 Å². The zero-order chi connectivity index (χ0) is 28.3. The van der Waals surface area contributed by atoms with E-state index in [-0.39, 0.29) is 42.4 Å². The lowest BCUT2D eigenvalue weighted by Gasteiger charge is -2.64. The summed E-state index contributed by atoms with van der Waals surface area (Å²) in [6.45, 7) is 11.4. The molecule has 0 amide bonds. The molecule has 0 aromatic carbocycles. The quantitative estimate of drug-likeness (QED) is 0.286. The summed E-state index contributed by atoms with van der Waals surface area (Å²) in [5.41, 5.74) is -2.09. The van der Waals surface area contributed by atoms with E-state index in [9.17, 15) is 19.5 Å². The van der Waals surface area contributed by atoms with Gasteiger partial charge in [-0.25, -0.2) is 0 Å². The van der Waals surface area contributed by atoms with Crippen molar-refractivity contribution in [1.82, 2.24) is 0 Å². The van der Waals surface area contributed by atoms with Crippen LogP contribution in [0, 0.1) is 34.5 Å². The van der Waals surface area contributed by atoms with Crippen LogP contribution in [0.3, 0.4) is 0 Å². The van der Waals surface area contributed by atoms with Crippen molar-refractivity contribution in [2.24, 2.45) is 34.5 Å². The molecule has 3 aliphatic heterocycles. The van der Waals surface area contributed by atoms with E-state index in [4.69, 9.17) is 28.4 Å². The lowest BCUT2D eigenvalue weighted by atomic mass is 9.42. The first-order valence-corrected chi connectivity index (χ1v) is 14.5. The highest BCUT2D eigenvalue weighted by atomic mass is 16.7. The molecule has 2 aliphatic carbocycles. The van der Waals surface area contributed by atoms with E-state index >= 15 is 0 Å². The van der Waals surface area contributed by atoms with Gasteiger partial charge >= 0.3 is 17.9 Å². The number of epoxide rings is 1. The highest BCUT2D eigenvalue weighted by molar-refractivity contribution is 5.72. The Morgan fingerprint density at radius 1 is 1.05 bits per heavy atom. The third kappa shape index (κ3) is 4.69. The molecule has 0 aromatic rings. The van der Waals surface area contributed by atoms with Gasteiger partial charge in [-0.3, -0.25) is 14.4 Å². The maximum atomic E-state index is 12.9. The molecule has 12 unspecified atom stereocenters. The minimum atomic E-state index is -0.841. The largest absolute Gasteiger partial charge is 0.465 e. The number of carbonyl (C=O) groups is 3. The Morgan fingerprint density at radius 3 is 2.36 bits per heavy atom. The van der Waals surface area contributed by atoms with Crippen molar-refractivity contribution in [2.45, 2.75) is 117 Å². The summed E-state index contributed by atoms with van der Waals surface area (Å²) in [5, 5.41) is 10.0. The van der Waals surface area contributed by atoms with Crippen LogP contribution >= 0.6 is 0 Å². The Balaban J connectivity index is 1.57. The highest BCUT2D eigenvalue weighted by Gasteiger charge is 2.78. The standard InChI is InChI=1S/C29H44O10/c1-7-15(2)25(33)37-20-11-21-27(6,22-9-19-10-24(32)39-26(19)38-22)16(3)8-23(36-18(5)31)29(21,14-34-17(4)30)28(12-20)13-35-28/h15-16,19-24,26,32H,7-14H2,1-6H3. The molecule has 0 radical (unpaired) electrons. The molecule has 1 spiro atoms. The molecule has 3 heterocycles. The molecule has 10 heteroatoms. The second-order valence-corrected chi connectivity index (χ2v) is 12.9. The van der Waals surface area contributed by atoms with Gasteiger partial charge in [0.15, 0.2) is 12.6 Å². The second kappa shape index (κ2) is 10.3. The molecule has 5 rings (SSSR count). The minimum Gasteiger partial charge on any atom is -0.465 e. The molecule has 0 bridgehead atoms. The molecule has 3 saturated heterocycles. The lowest BCUT2D eigenvalue weighted by Crippen LogP contribution is -2.70. The van der Waals surface area contributed by atoms with Crippen molar-refractivity contribution in [3.63, 3.8) is 0 Å². The maximum absolute atomic E-state index is 12.9. The van der Waals surface area contributed by atoms with Crippen LogP contribution in [0.15, 0.2) is 0 Å². The van der Waals surface area contributed by atoms with Crippen LogP contribution < -0.4 is 0 Å². The van der Waals surface area contributed by atoms with Crippen LogP contribution in [0.2, 0.25) is 0 Å². The summed E-state index contributed by atoms with van der Waals surface area (Å²) in [7, 11) is 0. The first-order valence-electron chi connectivity index (χ1n) is 14.5. The van der Waals surface area contributed by atoms with Crippen LogP contribution in [0.25, 0.3) is 0 Å². The van der Waals surface area contributed by atoms with Gasteiger partial charge in [-0.05, 0) is 37.5 Å². The molecule has 2 saturated carbocycles. The van der Waals surface area contributed by atoms with Gasteiger partial charge in [0.2, 0.25) is 0 Å². The van der Waals surface area contributed by atoms with E-state index in [1.165, 1.54) is 13.8 Å². The normalized spacial score (nSPS) is 47.2. The van der Waals surface area contributed by atoms with E-state index in [1.54, 1.807) is 0 Å². The van der Waals surface area contributed by atoms with Crippen molar-refractivity contribution >= 4 is 17.9 Å². The third-order valence-electron chi connectivity index (χ3n) is 10.8. The Kier molecular flexibility index (Phi) is 7.57. The number of hydrogen-bond donors (Lipinski definition) is 1. The van der Waals surface area contributed by atoms with Crippen LogP contribution in [0.4, 0.5) is 0 Å². The van der Waals surface area contributed by atoms with E-state index in [1.807, 2.05) is 13.8 Å². The molecule has 5 aliphatic rings. The first kappa shape index (κ1) is 28.8. The Morgan fingerprint density at radius 2 is 1.77 bits per heavy atom. The smallest absolute Gasteiger partial charge is 0.308 e. The zero-order valence-corrected chi connectivity index (χ0v) is 24.0. The summed E-state index contributed by atoms with van der Waals surface area (Å²) in [6.07, 6.45) is 0.964.